The van der Waals surface area contributed by atoms with Crippen LogP contribution in [-0.4, -0.2) is 17.8 Å². The van der Waals surface area contributed by atoms with Crippen molar-refractivity contribution >= 4 is 5.69 Å². The molecule has 0 aliphatic heterocycles. The molecule has 4 heteroatoms. The summed E-state index contributed by atoms with van der Waals surface area (Å²) in [6, 6.07) is 3.34. The first-order valence-corrected chi connectivity index (χ1v) is 4.13. The first kappa shape index (κ1) is 9.80. The van der Waals surface area contributed by atoms with E-state index < -0.39 is 0 Å². The predicted octanol–water partition coefficient (Wildman–Crippen LogP) is 0.465. The summed E-state index contributed by atoms with van der Waals surface area (Å²) in [6.07, 6.45) is 1.72. The second-order valence-corrected chi connectivity index (χ2v) is 2.97. The number of hydrogen-bond donors (Lipinski definition) is 1. The van der Waals surface area contributed by atoms with Gasteiger partial charge >= 0.3 is 0 Å². The van der Waals surface area contributed by atoms with Crippen LogP contribution in [-0.2, 0) is 11.3 Å². The van der Waals surface area contributed by atoms with Crippen LogP contribution in [0.5, 0.6) is 0 Å². The van der Waals surface area contributed by atoms with Crippen molar-refractivity contribution in [1.29, 1.82) is 0 Å². The average molecular weight is 182 g/mol. The molecule has 0 aliphatic rings. The van der Waals surface area contributed by atoms with Crippen LogP contribution in [0.4, 0.5) is 5.69 Å². The van der Waals surface area contributed by atoms with Crippen molar-refractivity contribution in [2.75, 3.05) is 12.8 Å². The van der Waals surface area contributed by atoms with Gasteiger partial charge in [-0.15, -0.1) is 0 Å². The molecule has 2 N–H and O–H groups in total. The average Bonchev–Trinajstić information content (AvgIpc) is 2.13. The normalized spacial score (nSPS) is 12.8. The van der Waals surface area contributed by atoms with E-state index in [4.69, 9.17) is 10.5 Å². The highest BCUT2D eigenvalue weighted by atomic mass is 16.5. The van der Waals surface area contributed by atoms with E-state index in [0.29, 0.717) is 6.54 Å². The lowest BCUT2D eigenvalue weighted by Gasteiger charge is -2.11. The topological polar surface area (TPSA) is 57.2 Å². The van der Waals surface area contributed by atoms with Crippen LogP contribution in [0.1, 0.15) is 6.92 Å². The lowest BCUT2D eigenvalue weighted by Crippen LogP contribution is -2.27. The van der Waals surface area contributed by atoms with E-state index in [1.165, 1.54) is 0 Å². The maximum Gasteiger partial charge on any atom is 0.273 e. The van der Waals surface area contributed by atoms with Gasteiger partial charge < -0.3 is 15.0 Å². The third-order valence-electron chi connectivity index (χ3n) is 1.91. The molecule has 1 rings (SSSR count). The molecule has 72 valence electrons. The molecule has 0 aliphatic carbocycles. The molecule has 4 nitrogen and oxygen atoms in total. The molecule has 1 aromatic heterocycles. The summed E-state index contributed by atoms with van der Waals surface area (Å²) in [7, 11) is 1.61. The summed E-state index contributed by atoms with van der Waals surface area (Å²) >= 11 is 0. The number of methoxy groups -OCH3 is 1. The van der Waals surface area contributed by atoms with Crippen LogP contribution in [0, 0.1) is 0 Å². The van der Waals surface area contributed by atoms with Crippen LogP contribution < -0.4 is 11.3 Å². The fourth-order valence-corrected chi connectivity index (χ4v) is 1.05. The highest BCUT2D eigenvalue weighted by molar-refractivity contribution is 5.33. The fraction of sp³-hybridized carbons (Fsp3) is 0.444. The molecule has 1 aromatic rings. The minimum absolute atomic E-state index is 0.0134. The molecule has 0 bridgehead atoms. The Labute approximate surface area is 76.9 Å². The minimum atomic E-state index is -0.161. The zero-order chi connectivity index (χ0) is 9.84. The SMILES string of the molecule is COC(C)Cn1cccc(N)c1=O. The molecule has 0 saturated heterocycles. The zero-order valence-corrected chi connectivity index (χ0v) is 7.86. The molecule has 0 fully saturated rings. The highest BCUT2D eigenvalue weighted by Crippen LogP contribution is 1.95. The van der Waals surface area contributed by atoms with Gasteiger partial charge in [-0.2, -0.15) is 0 Å². The van der Waals surface area contributed by atoms with Gasteiger partial charge in [0.05, 0.1) is 18.3 Å². The number of nitrogen functional groups attached to an aromatic ring is 1. The van der Waals surface area contributed by atoms with E-state index in [1.54, 1.807) is 30.0 Å². The zero-order valence-electron chi connectivity index (χ0n) is 7.86. The quantitative estimate of drug-likeness (QED) is 0.739. The summed E-state index contributed by atoms with van der Waals surface area (Å²) in [5.41, 5.74) is 5.57. The molecular weight excluding hydrogens is 168 g/mol. The second-order valence-electron chi connectivity index (χ2n) is 2.97. The Kier molecular flexibility index (Phi) is 3.08. The number of nitrogens with two attached hydrogens (primary N) is 1. The van der Waals surface area contributed by atoms with Gasteiger partial charge in [0.1, 0.15) is 0 Å². The van der Waals surface area contributed by atoms with Crippen molar-refractivity contribution in [3.8, 4) is 0 Å². The Morgan fingerprint density at radius 2 is 2.38 bits per heavy atom. The Morgan fingerprint density at radius 1 is 1.69 bits per heavy atom. The first-order chi connectivity index (χ1) is 6.15. The van der Waals surface area contributed by atoms with E-state index in [1.807, 2.05) is 6.92 Å². The molecule has 0 spiro atoms. The maximum absolute atomic E-state index is 11.4. The van der Waals surface area contributed by atoms with Crippen molar-refractivity contribution in [2.45, 2.75) is 19.6 Å². The van der Waals surface area contributed by atoms with Crippen molar-refractivity contribution in [3.05, 3.63) is 28.7 Å². The number of nitrogens with zero attached hydrogens (tertiary/aromatic N) is 1. The summed E-state index contributed by atoms with van der Waals surface area (Å²) < 4.78 is 6.59. The van der Waals surface area contributed by atoms with E-state index in [-0.39, 0.29) is 17.4 Å². The second kappa shape index (κ2) is 4.09. The van der Waals surface area contributed by atoms with E-state index in [0.717, 1.165) is 0 Å². The van der Waals surface area contributed by atoms with Gasteiger partial charge in [-0.1, -0.05) is 0 Å². The van der Waals surface area contributed by atoms with Crippen LogP contribution in [0.3, 0.4) is 0 Å². The predicted molar refractivity (Wildman–Crippen MR) is 51.6 cm³/mol. The number of anilines is 1. The van der Waals surface area contributed by atoms with E-state index in [9.17, 15) is 4.79 Å². The Bertz CT molecular complexity index is 333. The summed E-state index contributed by atoms with van der Waals surface area (Å²) in [4.78, 5) is 11.4. The van der Waals surface area contributed by atoms with Gasteiger partial charge in [-0.3, -0.25) is 4.79 Å². The molecular formula is C9H14N2O2. The Morgan fingerprint density at radius 3 is 3.00 bits per heavy atom. The number of ether oxygens (including phenoxy) is 1. The lowest BCUT2D eigenvalue weighted by atomic mass is 10.3. The number of rotatable bonds is 3. The summed E-state index contributed by atoms with van der Waals surface area (Å²) in [5.74, 6) is 0. The van der Waals surface area contributed by atoms with E-state index in [2.05, 4.69) is 0 Å². The van der Waals surface area contributed by atoms with Gasteiger partial charge in [0.25, 0.3) is 5.56 Å². The Balaban J connectivity index is 2.89. The van der Waals surface area contributed by atoms with Crippen molar-refractivity contribution in [3.63, 3.8) is 0 Å². The third-order valence-corrected chi connectivity index (χ3v) is 1.91. The standard InChI is InChI=1S/C9H14N2O2/c1-7(13-2)6-11-5-3-4-8(10)9(11)12/h3-5,7H,6,10H2,1-2H3. The molecule has 1 atom stereocenters. The van der Waals surface area contributed by atoms with Crippen LogP contribution in [0.25, 0.3) is 0 Å². The van der Waals surface area contributed by atoms with Crippen molar-refractivity contribution in [1.82, 2.24) is 4.57 Å². The smallest absolute Gasteiger partial charge is 0.273 e. The number of aromatic nitrogens is 1. The largest absolute Gasteiger partial charge is 0.394 e. The van der Waals surface area contributed by atoms with Gasteiger partial charge in [0, 0.05) is 13.3 Å². The molecule has 0 amide bonds. The maximum atomic E-state index is 11.4. The molecule has 0 saturated carbocycles. The lowest BCUT2D eigenvalue weighted by molar-refractivity contribution is 0.102. The van der Waals surface area contributed by atoms with Gasteiger partial charge in [-0.25, -0.2) is 0 Å². The number of pyridine rings is 1. The summed E-state index contributed by atoms with van der Waals surface area (Å²) in [5, 5.41) is 0. The highest BCUT2D eigenvalue weighted by Gasteiger charge is 2.03. The van der Waals surface area contributed by atoms with Gasteiger partial charge in [-0.05, 0) is 19.1 Å². The molecule has 1 heterocycles. The fourth-order valence-electron chi connectivity index (χ4n) is 1.05. The van der Waals surface area contributed by atoms with Crippen LogP contribution in [0.2, 0.25) is 0 Å². The molecule has 1 unspecified atom stereocenters. The van der Waals surface area contributed by atoms with Crippen molar-refractivity contribution in [2.24, 2.45) is 0 Å². The Hall–Kier alpha value is -1.29. The van der Waals surface area contributed by atoms with E-state index >= 15 is 0 Å². The van der Waals surface area contributed by atoms with Crippen molar-refractivity contribution < 1.29 is 4.74 Å². The molecule has 13 heavy (non-hydrogen) atoms. The summed E-state index contributed by atoms with van der Waals surface area (Å²) in [6.45, 7) is 2.43. The first-order valence-electron chi connectivity index (χ1n) is 4.13. The molecule has 0 radical (unpaired) electrons. The minimum Gasteiger partial charge on any atom is -0.394 e. The number of hydrogen-bond acceptors (Lipinski definition) is 3. The van der Waals surface area contributed by atoms with Gasteiger partial charge in [0.15, 0.2) is 0 Å². The van der Waals surface area contributed by atoms with Gasteiger partial charge in [0.2, 0.25) is 0 Å². The van der Waals surface area contributed by atoms with Crippen LogP contribution >= 0.6 is 0 Å². The monoisotopic (exact) mass is 182 g/mol. The van der Waals surface area contributed by atoms with Crippen LogP contribution in [0.15, 0.2) is 23.1 Å². The molecule has 0 aromatic carbocycles. The third kappa shape index (κ3) is 2.32.